The molecule has 0 saturated heterocycles. The first-order valence-electron chi connectivity index (χ1n) is 6.88. The zero-order chi connectivity index (χ0) is 12.6. The lowest BCUT2D eigenvalue weighted by molar-refractivity contribution is 0.199. The zero-order valence-electron chi connectivity index (χ0n) is 11.2. The van der Waals surface area contributed by atoms with Crippen molar-refractivity contribution < 1.29 is 4.74 Å². The Balaban J connectivity index is 1.60. The van der Waals surface area contributed by atoms with Gasteiger partial charge in [-0.1, -0.05) is 0 Å². The van der Waals surface area contributed by atoms with E-state index in [1.54, 1.807) is 17.6 Å². The van der Waals surface area contributed by atoms with Crippen LogP contribution in [-0.2, 0) is 11.2 Å². The third-order valence-electron chi connectivity index (χ3n) is 3.53. The van der Waals surface area contributed by atoms with E-state index in [1.165, 1.54) is 19.3 Å². The van der Waals surface area contributed by atoms with E-state index in [9.17, 15) is 0 Å². The van der Waals surface area contributed by atoms with Gasteiger partial charge in [0, 0.05) is 38.2 Å². The summed E-state index contributed by atoms with van der Waals surface area (Å²) < 4.78 is 4.99. The quantitative estimate of drug-likeness (QED) is 0.708. The number of aryl methyl sites for hydroxylation is 1. The van der Waals surface area contributed by atoms with Gasteiger partial charge < -0.3 is 15.4 Å². The minimum Gasteiger partial charge on any atom is -0.383 e. The maximum Gasteiger partial charge on any atom is 0.0587 e. The first-order valence-corrected chi connectivity index (χ1v) is 7.76. The topological polar surface area (TPSA) is 33.3 Å². The van der Waals surface area contributed by atoms with E-state index in [2.05, 4.69) is 22.1 Å². The SMILES string of the molecule is COCCNCCNCC1CCCc2sccc21. The van der Waals surface area contributed by atoms with E-state index in [0.717, 1.165) is 38.7 Å². The predicted octanol–water partition coefficient (Wildman–Crippen LogP) is 1.99. The van der Waals surface area contributed by atoms with Gasteiger partial charge in [0.15, 0.2) is 0 Å². The molecule has 1 aliphatic rings. The lowest BCUT2D eigenvalue weighted by atomic mass is 9.88. The summed E-state index contributed by atoms with van der Waals surface area (Å²) in [6.07, 6.45) is 3.99. The summed E-state index contributed by atoms with van der Waals surface area (Å²) in [5, 5.41) is 9.16. The average molecular weight is 268 g/mol. The average Bonchev–Trinajstić information content (AvgIpc) is 2.86. The van der Waals surface area contributed by atoms with E-state index in [4.69, 9.17) is 4.74 Å². The summed E-state index contributed by atoms with van der Waals surface area (Å²) in [7, 11) is 1.74. The van der Waals surface area contributed by atoms with Crippen LogP contribution >= 0.6 is 11.3 Å². The van der Waals surface area contributed by atoms with Gasteiger partial charge in [0.2, 0.25) is 0 Å². The fourth-order valence-corrected chi connectivity index (χ4v) is 3.56. The Labute approximate surface area is 114 Å². The monoisotopic (exact) mass is 268 g/mol. The van der Waals surface area contributed by atoms with Crippen molar-refractivity contribution in [1.82, 2.24) is 10.6 Å². The second-order valence-corrected chi connectivity index (χ2v) is 5.84. The number of ether oxygens (including phenoxy) is 1. The Kier molecular flexibility index (Phi) is 6.14. The van der Waals surface area contributed by atoms with Crippen LogP contribution in [0.1, 0.15) is 29.2 Å². The maximum absolute atomic E-state index is 4.99. The summed E-state index contributed by atoms with van der Waals surface area (Å²) in [5.41, 5.74) is 1.60. The Bertz CT molecular complexity index is 340. The highest BCUT2D eigenvalue weighted by molar-refractivity contribution is 7.10. The smallest absolute Gasteiger partial charge is 0.0587 e. The minimum atomic E-state index is 0.735. The molecule has 102 valence electrons. The summed E-state index contributed by atoms with van der Waals surface area (Å²) in [6.45, 7) is 4.92. The molecule has 3 nitrogen and oxygen atoms in total. The second-order valence-electron chi connectivity index (χ2n) is 4.84. The number of methoxy groups -OCH3 is 1. The molecule has 4 heteroatoms. The molecule has 1 aromatic rings. The molecule has 2 N–H and O–H groups in total. The molecule has 0 aromatic carbocycles. The van der Waals surface area contributed by atoms with Crippen molar-refractivity contribution in [3.63, 3.8) is 0 Å². The normalized spacial score (nSPS) is 18.8. The highest BCUT2D eigenvalue weighted by Crippen LogP contribution is 2.34. The van der Waals surface area contributed by atoms with Crippen LogP contribution in [0.5, 0.6) is 0 Å². The Morgan fingerprint density at radius 3 is 3.11 bits per heavy atom. The van der Waals surface area contributed by atoms with Crippen molar-refractivity contribution in [3.8, 4) is 0 Å². The van der Waals surface area contributed by atoms with Crippen molar-refractivity contribution in [2.24, 2.45) is 0 Å². The van der Waals surface area contributed by atoms with Crippen LogP contribution in [0.15, 0.2) is 11.4 Å². The summed E-state index contributed by atoms with van der Waals surface area (Å²) in [5.74, 6) is 0.735. The Morgan fingerprint density at radius 1 is 1.33 bits per heavy atom. The first-order chi connectivity index (χ1) is 8.92. The number of fused-ring (bicyclic) bond motifs is 1. The molecule has 18 heavy (non-hydrogen) atoms. The number of nitrogens with one attached hydrogen (secondary N) is 2. The van der Waals surface area contributed by atoms with Gasteiger partial charge in [-0.05, 0) is 42.2 Å². The molecular formula is C14H24N2OS. The fraction of sp³-hybridized carbons (Fsp3) is 0.714. The molecular weight excluding hydrogens is 244 g/mol. The summed E-state index contributed by atoms with van der Waals surface area (Å²) in [6, 6.07) is 2.32. The molecule has 1 heterocycles. The van der Waals surface area contributed by atoms with E-state index in [-0.39, 0.29) is 0 Å². The molecule has 0 fully saturated rings. The molecule has 0 radical (unpaired) electrons. The molecule has 1 aromatic heterocycles. The van der Waals surface area contributed by atoms with Gasteiger partial charge in [-0.2, -0.15) is 0 Å². The van der Waals surface area contributed by atoms with Gasteiger partial charge in [-0.25, -0.2) is 0 Å². The third kappa shape index (κ3) is 4.05. The van der Waals surface area contributed by atoms with Gasteiger partial charge in [-0.3, -0.25) is 0 Å². The van der Waals surface area contributed by atoms with E-state index in [0.29, 0.717) is 0 Å². The number of thiophene rings is 1. The van der Waals surface area contributed by atoms with Crippen molar-refractivity contribution in [3.05, 3.63) is 21.9 Å². The van der Waals surface area contributed by atoms with Gasteiger partial charge in [0.25, 0.3) is 0 Å². The van der Waals surface area contributed by atoms with Crippen molar-refractivity contribution >= 4 is 11.3 Å². The largest absolute Gasteiger partial charge is 0.383 e. The minimum absolute atomic E-state index is 0.735. The number of rotatable bonds is 8. The number of hydrogen-bond acceptors (Lipinski definition) is 4. The highest BCUT2D eigenvalue weighted by Gasteiger charge is 2.20. The lowest BCUT2D eigenvalue weighted by Gasteiger charge is -2.23. The first kappa shape index (κ1) is 14.0. The highest BCUT2D eigenvalue weighted by atomic mass is 32.1. The molecule has 0 spiro atoms. The van der Waals surface area contributed by atoms with Crippen LogP contribution in [-0.4, -0.2) is 39.9 Å². The molecule has 1 aliphatic carbocycles. The Hall–Kier alpha value is -0.420. The van der Waals surface area contributed by atoms with Gasteiger partial charge in [0.05, 0.1) is 6.61 Å². The second kappa shape index (κ2) is 7.89. The van der Waals surface area contributed by atoms with Crippen LogP contribution < -0.4 is 10.6 Å². The maximum atomic E-state index is 4.99. The molecule has 0 bridgehead atoms. The molecule has 0 amide bonds. The molecule has 1 unspecified atom stereocenters. The molecule has 2 rings (SSSR count). The van der Waals surface area contributed by atoms with Gasteiger partial charge in [-0.15, -0.1) is 11.3 Å². The predicted molar refractivity (Wildman–Crippen MR) is 77.6 cm³/mol. The fourth-order valence-electron chi connectivity index (χ4n) is 2.55. The zero-order valence-corrected chi connectivity index (χ0v) is 12.0. The molecule has 1 atom stereocenters. The van der Waals surface area contributed by atoms with Crippen LogP contribution in [0.4, 0.5) is 0 Å². The summed E-state index contributed by atoms with van der Waals surface area (Å²) >= 11 is 1.93. The van der Waals surface area contributed by atoms with Crippen molar-refractivity contribution in [1.29, 1.82) is 0 Å². The standard InChI is InChI=1S/C14H24N2OS/c1-17-9-8-15-6-7-16-11-12-3-2-4-14-13(12)5-10-18-14/h5,10,12,15-16H,2-4,6-9,11H2,1H3. The van der Waals surface area contributed by atoms with Crippen LogP contribution in [0, 0.1) is 0 Å². The summed E-state index contributed by atoms with van der Waals surface area (Å²) in [4.78, 5) is 1.62. The van der Waals surface area contributed by atoms with Gasteiger partial charge >= 0.3 is 0 Å². The van der Waals surface area contributed by atoms with Crippen molar-refractivity contribution in [2.45, 2.75) is 25.2 Å². The lowest BCUT2D eigenvalue weighted by Crippen LogP contribution is -2.32. The van der Waals surface area contributed by atoms with Gasteiger partial charge in [0.1, 0.15) is 0 Å². The van der Waals surface area contributed by atoms with E-state index < -0.39 is 0 Å². The van der Waals surface area contributed by atoms with Crippen LogP contribution in [0.2, 0.25) is 0 Å². The Morgan fingerprint density at radius 2 is 2.22 bits per heavy atom. The van der Waals surface area contributed by atoms with E-state index in [1.807, 2.05) is 11.3 Å². The molecule has 0 aliphatic heterocycles. The van der Waals surface area contributed by atoms with E-state index >= 15 is 0 Å². The van der Waals surface area contributed by atoms with Crippen molar-refractivity contribution in [2.75, 3.05) is 39.9 Å². The molecule has 0 saturated carbocycles. The van der Waals surface area contributed by atoms with Crippen LogP contribution in [0.3, 0.4) is 0 Å². The number of hydrogen-bond donors (Lipinski definition) is 2. The van der Waals surface area contributed by atoms with Crippen LogP contribution in [0.25, 0.3) is 0 Å². The third-order valence-corrected chi connectivity index (χ3v) is 4.52.